The standard InChI is InChI=1S/C17H13FN4O3S/c18-9-6-12(14-13(7-9)20-16(26)21-14)15(23)19-10-2-1-3-11(8-10)22-4-5-25-17(22)24/h1-3,6-8H,4-5H2,(H,19,23)(H2,20,21,26). The molecule has 1 aliphatic rings. The number of hydrogen-bond acceptors (Lipinski definition) is 4. The summed E-state index contributed by atoms with van der Waals surface area (Å²) in [6.07, 6.45) is -0.430. The van der Waals surface area contributed by atoms with Crippen LogP contribution in [0.15, 0.2) is 36.4 Å². The van der Waals surface area contributed by atoms with E-state index in [9.17, 15) is 14.0 Å². The number of fused-ring (bicyclic) bond motifs is 1. The van der Waals surface area contributed by atoms with E-state index in [-0.39, 0.29) is 5.56 Å². The fourth-order valence-corrected chi connectivity index (χ4v) is 3.08. The highest BCUT2D eigenvalue weighted by Gasteiger charge is 2.23. The summed E-state index contributed by atoms with van der Waals surface area (Å²) < 4.78 is 19.0. The van der Waals surface area contributed by atoms with E-state index in [4.69, 9.17) is 17.0 Å². The van der Waals surface area contributed by atoms with Gasteiger partial charge in [-0.25, -0.2) is 9.18 Å². The van der Waals surface area contributed by atoms with Crippen LogP contribution < -0.4 is 10.2 Å². The molecule has 132 valence electrons. The Morgan fingerprint density at radius 3 is 2.88 bits per heavy atom. The zero-order valence-corrected chi connectivity index (χ0v) is 14.2. The average Bonchev–Trinajstić information content (AvgIpc) is 3.18. The summed E-state index contributed by atoms with van der Waals surface area (Å²) in [6, 6.07) is 9.18. The Balaban J connectivity index is 1.65. The predicted molar refractivity (Wildman–Crippen MR) is 96.5 cm³/mol. The number of rotatable bonds is 3. The quantitative estimate of drug-likeness (QED) is 0.613. The third-order valence-corrected chi connectivity index (χ3v) is 4.22. The molecule has 26 heavy (non-hydrogen) atoms. The SMILES string of the molecule is O=C(Nc1cccc(N2CCOC2=O)c1)c1cc(F)cc2[nH]c(=S)[nH]c12. The van der Waals surface area contributed by atoms with Gasteiger partial charge in [0.05, 0.1) is 23.1 Å². The number of cyclic esters (lactones) is 1. The van der Waals surface area contributed by atoms with Crippen molar-refractivity contribution in [2.45, 2.75) is 0 Å². The molecule has 0 aliphatic carbocycles. The predicted octanol–water partition coefficient (Wildman–Crippen LogP) is 3.57. The van der Waals surface area contributed by atoms with Gasteiger partial charge in [0.25, 0.3) is 5.91 Å². The molecule has 1 aromatic heterocycles. The molecule has 1 aliphatic heterocycles. The highest BCUT2D eigenvalue weighted by atomic mass is 32.1. The molecule has 0 atom stereocenters. The fraction of sp³-hybridized carbons (Fsp3) is 0.118. The maximum absolute atomic E-state index is 13.8. The van der Waals surface area contributed by atoms with E-state index in [1.807, 2.05) is 0 Å². The topological polar surface area (TPSA) is 90.2 Å². The number of carbonyl (C=O) groups excluding carboxylic acids is 2. The number of nitrogens with one attached hydrogen (secondary N) is 3. The second-order valence-corrected chi connectivity index (χ2v) is 6.13. The molecule has 0 saturated carbocycles. The van der Waals surface area contributed by atoms with Crippen LogP contribution in [0.3, 0.4) is 0 Å². The Kier molecular flexibility index (Phi) is 3.92. The molecular formula is C17H13FN4O3S. The van der Waals surface area contributed by atoms with Crippen LogP contribution in [0, 0.1) is 10.6 Å². The first-order valence-electron chi connectivity index (χ1n) is 7.78. The van der Waals surface area contributed by atoms with Crippen LogP contribution in [-0.2, 0) is 4.74 Å². The largest absolute Gasteiger partial charge is 0.447 e. The molecule has 2 aromatic carbocycles. The van der Waals surface area contributed by atoms with Gasteiger partial charge in [0.2, 0.25) is 0 Å². The smallest absolute Gasteiger partial charge is 0.414 e. The number of nitrogens with zero attached hydrogens (tertiary/aromatic N) is 1. The monoisotopic (exact) mass is 372 g/mol. The number of halogens is 1. The molecule has 3 aromatic rings. The summed E-state index contributed by atoms with van der Waals surface area (Å²) in [6.45, 7) is 0.768. The number of aromatic amines is 2. The van der Waals surface area contributed by atoms with E-state index < -0.39 is 17.8 Å². The summed E-state index contributed by atoms with van der Waals surface area (Å²) in [5.74, 6) is -1.05. The van der Waals surface area contributed by atoms with E-state index in [1.165, 1.54) is 11.0 Å². The minimum absolute atomic E-state index is 0.123. The van der Waals surface area contributed by atoms with Crippen LogP contribution >= 0.6 is 12.2 Å². The minimum atomic E-state index is -0.554. The minimum Gasteiger partial charge on any atom is -0.447 e. The van der Waals surface area contributed by atoms with Crippen LogP contribution in [0.2, 0.25) is 0 Å². The van der Waals surface area contributed by atoms with Gasteiger partial charge in [-0.05, 0) is 42.5 Å². The molecule has 0 unspecified atom stereocenters. The molecule has 4 rings (SSSR count). The molecule has 2 amide bonds. The lowest BCUT2D eigenvalue weighted by Crippen LogP contribution is -2.23. The molecule has 7 nitrogen and oxygen atoms in total. The van der Waals surface area contributed by atoms with E-state index in [2.05, 4.69) is 15.3 Å². The molecule has 3 N–H and O–H groups in total. The van der Waals surface area contributed by atoms with Crippen molar-refractivity contribution < 1.29 is 18.7 Å². The first kappa shape index (κ1) is 16.3. The number of carbonyl (C=O) groups is 2. The van der Waals surface area contributed by atoms with Gasteiger partial charge in [0.1, 0.15) is 12.4 Å². The average molecular weight is 372 g/mol. The fourth-order valence-electron chi connectivity index (χ4n) is 2.86. The first-order chi connectivity index (χ1) is 12.5. The zero-order valence-electron chi connectivity index (χ0n) is 13.3. The maximum Gasteiger partial charge on any atom is 0.414 e. The van der Waals surface area contributed by atoms with Crippen molar-refractivity contribution in [1.82, 2.24) is 9.97 Å². The molecule has 0 radical (unpaired) electrons. The van der Waals surface area contributed by atoms with Crippen molar-refractivity contribution in [3.05, 3.63) is 52.5 Å². The second kappa shape index (κ2) is 6.26. The summed E-state index contributed by atoms with van der Waals surface area (Å²) in [4.78, 5) is 31.4. The van der Waals surface area contributed by atoms with Gasteiger partial charge >= 0.3 is 6.09 Å². The number of aromatic nitrogens is 2. The number of imidazole rings is 1. The number of H-pyrrole nitrogens is 2. The van der Waals surface area contributed by atoms with Gasteiger partial charge in [0, 0.05) is 11.4 Å². The van der Waals surface area contributed by atoms with Gasteiger partial charge < -0.3 is 20.0 Å². The second-order valence-electron chi connectivity index (χ2n) is 5.73. The first-order valence-corrected chi connectivity index (χ1v) is 8.19. The number of anilines is 2. The van der Waals surface area contributed by atoms with Gasteiger partial charge in [-0.2, -0.15) is 0 Å². The highest BCUT2D eigenvalue weighted by molar-refractivity contribution is 7.71. The molecule has 0 bridgehead atoms. The Morgan fingerprint density at radius 1 is 1.27 bits per heavy atom. The molecular weight excluding hydrogens is 359 g/mol. The normalized spacial score (nSPS) is 13.9. The number of amides is 2. The van der Waals surface area contributed by atoms with E-state index in [0.29, 0.717) is 40.3 Å². The zero-order chi connectivity index (χ0) is 18.3. The number of benzene rings is 2. The lowest BCUT2D eigenvalue weighted by Gasteiger charge is -2.14. The third-order valence-electron chi connectivity index (χ3n) is 4.01. The van der Waals surface area contributed by atoms with E-state index in [1.54, 1.807) is 24.3 Å². The number of hydrogen-bond donors (Lipinski definition) is 3. The molecule has 9 heteroatoms. The summed E-state index contributed by atoms with van der Waals surface area (Å²) >= 11 is 5.01. The summed E-state index contributed by atoms with van der Waals surface area (Å²) in [7, 11) is 0. The lowest BCUT2D eigenvalue weighted by atomic mass is 10.1. The van der Waals surface area contributed by atoms with Crippen LogP contribution in [-0.4, -0.2) is 35.1 Å². The lowest BCUT2D eigenvalue weighted by molar-refractivity contribution is 0.102. The van der Waals surface area contributed by atoms with E-state index in [0.717, 1.165) is 6.07 Å². The van der Waals surface area contributed by atoms with Gasteiger partial charge in [-0.1, -0.05) is 6.07 Å². The molecule has 1 saturated heterocycles. The molecule has 0 spiro atoms. The Bertz CT molecular complexity index is 1090. The third kappa shape index (κ3) is 2.93. The van der Waals surface area contributed by atoms with E-state index >= 15 is 0 Å². The van der Waals surface area contributed by atoms with Crippen LogP contribution in [0.5, 0.6) is 0 Å². The van der Waals surface area contributed by atoms with Crippen molar-refractivity contribution in [3.63, 3.8) is 0 Å². The van der Waals surface area contributed by atoms with Crippen molar-refractivity contribution in [1.29, 1.82) is 0 Å². The van der Waals surface area contributed by atoms with Gasteiger partial charge in [-0.15, -0.1) is 0 Å². The van der Waals surface area contributed by atoms with Crippen molar-refractivity contribution >= 4 is 46.6 Å². The Labute approximate surface area is 151 Å². The summed E-state index contributed by atoms with van der Waals surface area (Å²) in [5, 5.41) is 2.71. The maximum atomic E-state index is 13.8. The van der Waals surface area contributed by atoms with Crippen molar-refractivity contribution in [3.8, 4) is 0 Å². The Morgan fingerprint density at radius 2 is 2.12 bits per heavy atom. The van der Waals surface area contributed by atoms with Gasteiger partial charge in [-0.3, -0.25) is 9.69 Å². The van der Waals surface area contributed by atoms with Crippen LogP contribution in [0.4, 0.5) is 20.6 Å². The molecule has 1 fully saturated rings. The molecule has 2 heterocycles. The Hall–Kier alpha value is -3.20. The van der Waals surface area contributed by atoms with Crippen molar-refractivity contribution in [2.24, 2.45) is 0 Å². The van der Waals surface area contributed by atoms with Crippen molar-refractivity contribution in [2.75, 3.05) is 23.4 Å². The summed E-state index contributed by atoms with van der Waals surface area (Å²) in [5.41, 5.74) is 2.04. The van der Waals surface area contributed by atoms with Gasteiger partial charge in [0.15, 0.2) is 4.77 Å². The van der Waals surface area contributed by atoms with Crippen LogP contribution in [0.25, 0.3) is 11.0 Å². The number of ether oxygens (including phenoxy) is 1. The van der Waals surface area contributed by atoms with Crippen LogP contribution in [0.1, 0.15) is 10.4 Å². The highest BCUT2D eigenvalue weighted by Crippen LogP contribution is 2.24.